The van der Waals surface area contributed by atoms with Crippen molar-refractivity contribution < 1.29 is 5.11 Å². The molecule has 0 saturated heterocycles. The first kappa shape index (κ1) is 17.3. The van der Waals surface area contributed by atoms with Crippen LogP contribution >= 0.6 is 11.3 Å². The first-order valence-corrected chi connectivity index (χ1v) is 9.92. The van der Waals surface area contributed by atoms with Crippen molar-refractivity contribution in [3.05, 3.63) is 94.2 Å². The minimum absolute atomic E-state index is 0.140. The molecule has 5 rings (SSSR count). The predicted octanol–water partition coefficient (Wildman–Crippen LogP) is 5.13. The molecule has 6 heteroatoms. The van der Waals surface area contributed by atoms with E-state index in [0.29, 0.717) is 15.5 Å². The Labute approximate surface area is 171 Å². The summed E-state index contributed by atoms with van der Waals surface area (Å²) in [6.45, 7) is 0. The Kier molecular flexibility index (Phi) is 4.38. The zero-order valence-corrected chi connectivity index (χ0v) is 16.1. The number of aromatic nitrogens is 2. The van der Waals surface area contributed by atoms with Gasteiger partial charge in [0.15, 0.2) is 10.6 Å². The summed E-state index contributed by atoms with van der Waals surface area (Å²) in [6, 6.07) is 23.2. The van der Waals surface area contributed by atoms with Crippen LogP contribution in [0.15, 0.2) is 89.0 Å². The fourth-order valence-electron chi connectivity index (χ4n) is 3.18. The zero-order chi connectivity index (χ0) is 19.6. The molecule has 3 heterocycles. The largest absolute Gasteiger partial charge is 0.493 e. The number of nitrogens with zero attached hydrogens (tertiary/aromatic N) is 4. The van der Waals surface area contributed by atoms with Crippen LogP contribution in [0.1, 0.15) is 10.4 Å². The van der Waals surface area contributed by atoms with Gasteiger partial charge in [-0.2, -0.15) is 0 Å². The second kappa shape index (κ2) is 7.33. The van der Waals surface area contributed by atoms with E-state index >= 15 is 0 Å². The molecule has 0 radical (unpaired) electrons. The second-order valence-electron chi connectivity index (χ2n) is 6.42. The Morgan fingerprint density at radius 2 is 1.72 bits per heavy atom. The molecule has 0 unspecified atom stereocenters. The van der Waals surface area contributed by atoms with Gasteiger partial charge in [0.05, 0.1) is 16.3 Å². The lowest BCUT2D eigenvalue weighted by Crippen LogP contribution is -2.11. The van der Waals surface area contributed by atoms with Crippen LogP contribution < -0.4 is 4.80 Å². The molecular weight excluding hydrogens is 380 g/mol. The van der Waals surface area contributed by atoms with Gasteiger partial charge in [0.2, 0.25) is 5.88 Å². The lowest BCUT2D eigenvalue weighted by molar-refractivity contribution is 0.439. The Morgan fingerprint density at radius 3 is 2.55 bits per heavy atom. The molecule has 29 heavy (non-hydrogen) atoms. The molecular formula is C23H16N4OS. The Balaban J connectivity index is 1.70. The van der Waals surface area contributed by atoms with E-state index in [9.17, 15) is 5.11 Å². The van der Waals surface area contributed by atoms with Gasteiger partial charge in [0.1, 0.15) is 0 Å². The number of fused-ring (bicyclic) bond motifs is 1. The van der Waals surface area contributed by atoms with Crippen molar-refractivity contribution in [2.24, 2.45) is 9.98 Å². The van der Waals surface area contributed by atoms with Crippen molar-refractivity contribution in [1.29, 1.82) is 0 Å². The van der Waals surface area contributed by atoms with E-state index < -0.39 is 0 Å². The predicted molar refractivity (Wildman–Crippen MR) is 117 cm³/mol. The SMILES string of the molecule is Oc1c(/C=C2\C=Nc3ccccc32)s/c(=N/c2ccccn2)n1-c1ccccc1. The molecule has 0 saturated carbocycles. The molecule has 0 amide bonds. The third kappa shape index (κ3) is 3.30. The number of rotatable bonds is 3. The minimum Gasteiger partial charge on any atom is -0.493 e. The maximum Gasteiger partial charge on any atom is 0.215 e. The number of para-hydroxylation sites is 2. The molecule has 0 bridgehead atoms. The summed E-state index contributed by atoms with van der Waals surface area (Å²) in [5.74, 6) is 0.728. The summed E-state index contributed by atoms with van der Waals surface area (Å²) in [6.07, 6.45) is 5.48. The number of hydrogen-bond acceptors (Lipinski definition) is 5. The van der Waals surface area contributed by atoms with Gasteiger partial charge in [-0.3, -0.25) is 9.56 Å². The minimum atomic E-state index is 0.140. The average molecular weight is 396 g/mol. The highest BCUT2D eigenvalue weighted by Gasteiger charge is 2.16. The number of pyridine rings is 1. The smallest absolute Gasteiger partial charge is 0.215 e. The van der Waals surface area contributed by atoms with Gasteiger partial charge < -0.3 is 5.11 Å². The molecule has 1 N–H and O–H groups in total. The van der Waals surface area contributed by atoms with Crippen molar-refractivity contribution in [2.45, 2.75) is 0 Å². The van der Waals surface area contributed by atoms with Gasteiger partial charge in [-0.1, -0.05) is 53.8 Å². The summed E-state index contributed by atoms with van der Waals surface area (Å²) < 4.78 is 1.74. The van der Waals surface area contributed by atoms with Crippen molar-refractivity contribution in [3.8, 4) is 11.6 Å². The number of allylic oxidation sites excluding steroid dienone is 1. The standard InChI is InChI=1S/C23H16N4OS/c28-22-20(14-16-15-25-19-11-5-4-10-18(16)19)29-23(26-21-12-6-7-13-24-21)27(22)17-8-2-1-3-9-17/h1-15,28H/b16-14+,26-23+. The lowest BCUT2D eigenvalue weighted by atomic mass is 10.1. The van der Waals surface area contributed by atoms with Crippen molar-refractivity contribution >= 4 is 40.7 Å². The van der Waals surface area contributed by atoms with Crippen LogP contribution in [0.3, 0.4) is 0 Å². The fraction of sp³-hybridized carbons (Fsp3) is 0. The highest BCUT2D eigenvalue weighted by atomic mass is 32.1. The Morgan fingerprint density at radius 1 is 0.931 bits per heavy atom. The van der Waals surface area contributed by atoms with Gasteiger partial charge >= 0.3 is 0 Å². The molecule has 1 aliphatic heterocycles. The van der Waals surface area contributed by atoms with Gasteiger partial charge in [0, 0.05) is 23.5 Å². The normalized spacial score (nSPS) is 14.5. The third-order valence-corrected chi connectivity index (χ3v) is 5.52. The highest BCUT2D eigenvalue weighted by Crippen LogP contribution is 2.35. The van der Waals surface area contributed by atoms with E-state index in [-0.39, 0.29) is 5.88 Å². The summed E-state index contributed by atoms with van der Waals surface area (Å²) >= 11 is 1.41. The van der Waals surface area contributed by atoms with E-state index in [1.165, 1.54) is 11.3 Å². The van der Waals surface area contributed by atoms with Crippen LogP contribution in [0.25, 0.3) is 17.3 Å². The quantitative estimate of drug-likeness (QED) is 0.522. The average Bonchev–Trinajstić information content (AvgIpc) is 3.31. The van der Waals surface area contributed by atoms with E-state index in [1.807, 2.05) is 85.1 Å². The second-order valence-corrected chi connectivity index (χ2v) is 7.43. The summed E-state index contributed by atoms with van der Waals surface area (Å²) in [5.41, 5.74) is 3.78. The molecule has 4 aromatic rings. The Bertz CT molecular complexity index is 1300. The Hall–Kier alpha value is -3.77. The van der Waals surface area contributed by atoms with Crippen molar-refractivity contribution in [3.63, 3.8) is 0 Å². The highest BCUT2D eigenvalue weighted by molar-refractivity contribution is 7.10. The molecule has 1 aliphatic rings. The van der Waals surface area contributed by atoms with E-state index in [0.717, 1.165) is 22.5 Å². The number of aromatic hydroxyl groups is 1. The number of thiazole rings is 1. The molecule has 0 fully saturated rings. The van der Waals surface area contributed by atoms with Crippen LogP contribution in [0, 0.1) is 0 Å². The van der Waals surface area contributed by atoms with Gasteiger partial charge in [-0.15, -0.1) is 0 Å². The van der Waals surface area contributed by atoms with Gasteiger partial charge in [0.25, 0.3) is 0 Å². The maximum absolute atomic E-state index is 11.1. The molecule has 5 nitrogen and oxygen atoms in total. The van der Waals surface area contributed by atoms with Crippen molar-refractivity contribution in [1.82, 2.24) is 9.55 Å². The zero-order valence-electron chi connectivity index (χ0n) is 15.3. The molecule has 0 aliphatic carbocycles. The molecule has 2 aromatic heterocycles. The van der Waals surface area contributed by atoms with Gasteiger partial charge in [-0.05, 0) is 36.4 Å². The van der Waals surface area contributed by atoms with Crippen LogP contribution in [-0.4, -0.2) is 20.9 Å². The maximum atomic E-state index is 11.1. The summed E-state index contributed by atoms with van der Waals surface area (Å²) in [4.78, 5) is 14.8. The molecule has 140 valence electrons. The lowest BCUT2D eigenvalue weighted by Gasteiger charge is -2.04. The number of benzene rings is 2. The van der Waals surface area contributed by atoms with Crippen LogP contribution in [0.4, 0.5) is 11.5 Å². The third-order valence-electron chi connectivity index (χ3n) is 4.54. The van der Waals surface area contributed by atoms with E-state index in [4.69, 9.17) is 0 Å². The van der Waals surface area contributed by atoms with E-state index in [1.54, 1.807) is 10.8 Å². The van der Waals surface area contributed by atoms with Crippen LogP contribution in [-0.2, 0) is 0 Å². The van der Waals surface area contributed by atoms with Crippen LogP contribution in [0.5, 0.6) is 5.88 Å². The molecule has 0 spiro atoms. The summed E-state index contributed by atoms with van der Waals surface area (Å²) in [5, 5.41) is 11.1. The molecule has 2 aromatic carbocycles. The first-order valence-electron chi connectivity index (χ1n) is 9.11. The number of aliphatic imine (C=N–C) groups is 1. The van der Waals surface area contributed by atoms with Crippen LogP contribution in [0.2, 0.25) is 0 Å². The fourth-order valence-corrected chi connectivity index (χ4v) is 4.17. The van der Waals surface area contributed by atoms with E-state index in [2.05, 4.69) is 15.0 Å². The first-order chi connectivity index (χ1) is 14.3. The summed E-state index contributed by atoms with van der Waals surface area (Å²) in [7, 11) is 0. The van der Waals surface area contributed by atoms with Gasteiger partial charge in [-0.25, -0.2) is 9.98 Å². The molecule has 0 atom stereocenters. The monoisotopic (exact) mass is 396 g/mol. The topological polar surface area (TPSA) is 62.8 Å². The number of hydrogen-bond donors (Lipinski definition) is 1. The van der Waals surface area contributed by atoms with Crippen molar-refractivity contribution in [2.75, 3.05) is 0 Å².